The zero-order valence-corrected chi connectivity index (χ0v) is 8.32. The predicted octanol–water partition coefficient (Wildman–Crippen LogP) is -1.02. The quantitative estimate of drug-likeness (QED) is 0.528. The first kappa shape index (κ1) is 10.9. The molecule has 1 rings (SSSR count). The maximum absolute atomic E-state index is 9.48. The van der Waals surface area contributed by atoms with Crippen LogP contribution < -0.4 is 11.5 Å². The molecule has 0 saturated carbocycles. The second kappa shape index (κ2) is 4.91. The van der Waals surface area contributed by atoms with Gasteiger partial charge < -0.3 is 21.5 Å². The lowest BCUT2D eigenvalue weighted by atomic mass is 9.87. The van der Waals surface area contributed by atoms with E-state index in [2.05, 4.69) is 11.9 Å². The Morgan fingerprint density at radius 3 is 2.46 bits per heavy atom. The lowest BCUT2D eigenvalue weighted by molar-refractivity contribution is 0.0959. The van der Waals surface area contributed by atoms with E-state index in [1.165, 1.54) is 0 Å². The van der Waals surface area contributed by atoms with Crippen molar-refractivity contribution < 1.29 is 5.11 Å². The van der Waals surface area contributed by atoms with Gasteiger partial charge in [0.05, 0.1) is 6.10 Å². The fourth-order valence-corrected chi connectivity index (χ4v) is 1.88. The number of nitrogens with zero attached hydrogens (tertiary/aromatic N) is 1. The molecule has 0 aromatic carbocycles. The molecule has 1 fully saturated rings. The Morgan fingerprint density at radius 2 is 2.00 bits per heavy atom. The maximum atomic E-state index is 9.48. The summed E-state index contributed by atoms with van der Waals surface area (Å²) in [6, 6.07) is -0.140. The molecular weight excluding hydrogens is 166 g/mol. The molecule has 0 bridgehead atoms. The zero-order valence-electron chi connectivity index (χ0n) is 8.32. The number of likely N-dealkylation sites (tertiary alicyclic amines) is 1. The van der Waals surface area contributed by atoms with Crippen LogP contribution in [0.4, 0.5) is 0 Å². The maximum Gasteiger partial charge on any atom is 0.0815 e. The normalized spacial score (nSPS) is 25.8. The molecular formula is C9H21N3O. The van der Waals surface area contributed by atoms with Crippen LogP contribution in [0.2, 0.25) is 0 Å². The Bertz CT molecular complexity index is 146. The minimum atomic E-state index is -0.534. The summed E-state index contributed by atoms with van der Waals surface area (Å²) < 4.78 is 0. The van der Waals surface area contributed by atoms with Gasteiger partial charge in [-0.15, -0.1) is 0 Å². The first-order valence-electron chi connectivity index (χ1n) is 4.97. The van der Waals surface area contributed by atoms with Crippen LogP contribution in [0.25, 0.3) is 0 Å². The highest BCUT2D eigenvalue weighted by Crippen LogP contribution is 2.20. The third kappa shape index (κ3) is 2.91. The number of rotatable bonds is 3. The lowest BCUT2D eigenvalue weighted by Crippen LogP contribution is -2.48. The Kier molecular flexibility index (Phi) is 4.12. The predicted molar refractivity (Wildman–Crippen MR) is 53.3 cm³/mol. The van der Waals surface area contributed by atoms with E-state index in [0.717, 1.165) is 25.9 Å². The molecule has 13 heavy (non-hydrogen) atoms. The molecule has 78 valence electrons. The molecule has 0 radical (unpaired) electrons. The Balaban J connectivity index is 2.35. The van der Waals surface area contributed by atoms with Gasteiger partial charge in [0, 0.05) is 12.6 Å². The summed E-state index contributed by atoms with van der Waals surface area (Å²) in [4.78, 5) is 2.29. The molecule has 4 nitrogen and oxygen atoms in total. The zero-order chi connectivity index (χ0) is 9.84. The summed E-state index contributed by atoms with van der Waals surface area (Å²) in [7, 11) is 2.11. The third-order valence-corrected chi connectivity index (χ3v) is 2.99. The first-order valence-corrected chi connectivity index (χ1v) is 4.97. The van der Waals surface area contributed by atoms with Crippen molar-refractivity contribution in [3.63, 3.8) is 0 Å². The van der Waals surface area contributed by atoms with E-state index < -0.39 is 6.10 Å². The Labute approximate surface area is 79.9 Å². The van der Waals surface area contributed by atoms with Crippen LogP contribution in [0.5, 0.6) is 0 Å². The van der Waals surface area contributed by atoms with E-state index in [4.69, 9.17) is 11.5 Å². The highest BCUT2D eigenvalue weighted by molar-refractivity contribution is 4.84. The van der Waals surface area contributed by atoms with Crippen molar-refractivity contribution >= 4 is 0 Å². The molecule has 0 spiro atoms. The molecule has 2 atom stereocenters. The fourth-order valence-electron chi connectivity index (χ4n) is 1.88. The summed E-state index contributed by atoms with van der Waals surface area (Å²) in [6.45, 7) is 2.43. The van der Waals surface area contributed by atoms with E-state index in [1.54, 1.807) is 0 Å². The van der Waals surface area contributed by atoms with E-state index in [1.807, 2.05) is 0 Å². The molecule has 0 aliphatic carbocycles. The van der Waals surface area contributed by atoms with Gasteiger partial charge in [-0.05, 0) is 38.9 Å². The van der Waals surface area contributed by atoms with Crippen LogP contribution in [0.3, 0.4) is 0 Å². The minimum Gasteiger partial charge on any atom is -0.390 e. The Morgan fingerprint density at radius 1 is 1.46 bits per heavy atom. The fraction of sp³-hybridized carbons (Fsp3) is 1.00. The molecule has 0 aromatic rings. The molecule has 0 amide bonds. The van der Waals surface area contributed by atoms with Crippen molar-refractivity contribution in [1.82, 2.24) is 4.90 Å². The van der Waals surface area contributed by atoms with Crippen molar-refractivity contribution in [2.45, 2.75) is 25.0 Å². The Hall–Kier alpha value is -0.160. The monoisotopic (exact) mass is 187 g/mol. The van der Waals surface area contributed by atoms with Crippen molar-refractivity contribution in [3.05, 3.63) is 0 Å². The average Bonchev–Trinajstić information content (AvgIpc) is 2.17. The topological polar surface area (TPSA) is 75.5 Å². The van der Waals surface area contributed by atoms with Crippen LogP contribution in [0.1, 0.15) is 12.8 Å². The molecule has 1 aliphatic heterocycles. The highest BCUT2D eigenvalue weighted by Gasteiger charge is 2.26. The third-order valence-electron chi connectivity index (χ3n) is 2.99. The van der Waals surface area contributed by atoms with Crippen LogP contribution >= 0.6 is 0 Å². The van der Waals surface area contributed by atoms with E-state index >= 15 is 0 Å². The highest BCUT2D eigenvalue weighted by atomic mass is 16.3. The van der Waals surface area contributed by atoms with E-state index in [0.29, 0.717) is 5.92 Å². The molecule has 2 unspecified atom stereocenters. The van der Waals surface area contributed by atoms with Crippen LogP contribution in [-0.4, -0.2) is 48.8 Å². The van der Waals surface area contributed by atoms with Crippen LogP contribution in [0, 0.1) is 5.92 Å². The molecule has 4 heteroatoms. The summed E-state index contributed by atoms with van der Waals surface area (Å²) in [5.41, 5.74) is 11.3. The molecule has 1 aliphatic rings. The second-order valence-electron chi connectivity index (χ2n) is 4.02. The number of aliphatic hydroxyl groups is 1. The van der Waals surface area contributed by atoms with Crippen molar-refractivity contribution in [3.8, 4) is 0 Å². The molecule has 1 heterocycles. The summed E-state index contributed by atoms with van der Waals surface area (Å²) in [6.07, 6.45) is 1.62. The second-order valence-corrected chi connectivity index (χ2v) is 4.02. The number of aliphatic hydroxyl groups excluding tert-OH is 1. The van der Waals surface area contributed by atoms with Gasteiger partial charge in [-0.1, -0.05) is 0 Å². The van der Waals surface area contributed by atoms with Gasteiger partial charge in [-0.2, -0.15) is 0 Å². The number of nitrogens with two attached hydrogens (primary N) is 2. The molecule has 5 N–H and O–H groups in total. The van der Waals surface area contributed by atoms with Gasteiger partial charge in [0.15, 0.2) is 0 Å². The first-order chi connectivity index (χ1) is 6.15. The number of piperidine rings is 1. The molecule has 1 saturated heterocycles. The summed E-state index contributed by atoms with van der Waals surface area (Å²) in [5, 5.41) is 9.48. The van der Waals surface area contributed by atoms with Crippen molar-refractivity contribution in [2.75, 3.05) is 26.7 Å². The minimum absolute atomic E-state index is 0.140. The van der Waals surface area contributed by atoms with Crippen molar-refractivity contribution in [2.24, 2.45) is 17.4 Å². The van der Waals surface area contributed by atoms with Gasteiger partial charge >= 0.3 is 0 Å². The number of hydrogen-bond donors (Lipinski definition) is 3. The average molecular weight is 187 g/mol. The summed E-state index contributed by atoms with van der Waals surface area (Å²) >= 11 is 0. The standard InChI is InChI=1S/C9H21N3O/c1-12-4-2-7(3-5-12)9(11)8(13)6-10/h7-9,13H,2-6,10-11H2,1H3. The number of hydrogen-bond acceptors (Lipinski definition) is 4. The van der Waals surface area contributed by atoms with Crippen LogP contribution in [0.15, 0.2) is 0 Å². The lowest BCUT2D eigenvalue weighted by Gasteiger charge is -2.34. The summed E-state index contributed by atoms with van der Waals surface area (Å²) in [5.74, 6) is 0.440. The van der Waals surface area contributed by atoms with Gasteiger partial charge in [-0.3, -0.25) is 0 Å². The van der Waals surface area contributed by atoms with E-state index in [9.17, 15) is 5.11 Å². The van der Waals surface area contributed by atoms with E-state index in [-0.39, 0.29) is 12.6 Å². The SMILES string of the molecule is CN1CCC(C(N)C(O)CN)CC1. The van der Waals surface area contributed by atoms with Gasteiger partial charge in [-0.25, -0.2) is 0 Å². The smallest absolute Gasteiger partial charge is 0.0815 e. The van der Waals surface area contributed by atoms with Gasteiger partial charge in [0.25, 0.3) is 0 Å². The largest absolute Gasteiger partial charge is 0.390 e. The van der Waals surface area contributed by atoms with Gasteiger partial charge in [0.1, 0.15) is 0 Å². The molecule has 0 aromatic heterocycles. The van der Waals surface area contributed by atoms with Crippen LogP contribution in [-0.2, 0) is 0 Å². The van der Waals surface area contributed by atoms with Crippen molar-refractivity contribution in [1.29, 1.82) is 0 Å². The van der Waals surface area contributed by atoms with Gasteiger partial charge in [0.2, 0.25) is 0 Å².